The van der Waals surface area contributed by atoms with Gasteiger partial charge >= 0.3 is 0 Å². The van der Waals surface area contributed by atoms with E-state index in [0.717, 1.165) is 47.7 Å². The number of nitrogens with zero attached hydrogens (tertiary/aromatic N) is 5. The van der Waals surface area contributed by atoms with Gasteiger partial charge in [0.25, 0.3) is 0 Å². The molecule has 0 saturated carbocycles. The van der Waals surface area contributed by atoms with Gasteiger partial charge in [-0.2, -0.15) is 9.40 Å². The number of hydrogen-bond acceptors (Lipinski definition) is 6. The maximum atomic E-state index is 13.3. The number of aryl methyl sites for hydroxylation is 1. The summed E-state index contributed by atoms with van der Waals surface area (Å²) < 4.78 is 35.6. The number of sulfonamides is 1. The molecule has 9 heteroatoms. The molecule has 0 aliphatic carbocycles. The van der Waals surface area contributed by atoms with Crippen molar-refractivity contribution in [1.29, 1.82) is 0 Å². The van der Waals surface area contributed by atoms with Gasteiger partial charge in [0, 0.05) is 38.4 Å². The van der Waals surface area contributed by atoms with Gasteiger partial charge in [0.2, 0.25) is 10.0 Å². The summed E-state index contributed by atoms with van der Waals surface area (Å²) in [5, 5.41) is 4.73. The Balaban J connectivity index is 1.35. The van der Waals surface area contributed by atoms with Crippen LogP contribution in [0.1, 0.15) is 30.0 Å². The summed E-state index contributed by atoms with van der Waals surface area (Å²) >= 11 is 0. The molecule has 1 saturated heterocycles. The predicted molar refractivity (Wildman–Crippen MR) is 114 cm³/mol. The van der Waals surface area contributed by atoms with Crippen molar-refractivity contribution in [2.45, 2.75) is 30.6 Å². The molecule has 3 aromatic rings. The molecule has 5 rings (SSSR count). The molecular weight excluding hydrogens is 402 g/mol. The highest BCUT2D eigenvalue weighted by molar-refractivity contribution is 7.89. The number of likely N-dealkylation sites (N-methyl/N-ethyl adjacent to an activating group) is 1. The van der Waals surface area contributed by atoms with Crippen LogP contribution in [0.5, 0.6) is 5.75 Å². The minimum atomic E-state index is -3.54. The minimum Gasteiger partial charge on any atom is -0.490 e. The smallest absolute Gasteiger partial charge is 0.243 e. The number of imidazole rings is 1. The fraction of sp³-hybridized carbons (Fsp3) is 0.429. The number of hydrogen-bond donors (Lipinski definition) is 0. The summed E-state index contributed by atoms with van der Waals surface area (Å²) in [6, 6.07) is 7.18. The molecule has 0 N–H and O–H groups in total. The van der Waals surface area contributed by atoms with Gasteiger partial charge in [-0.05, 0) is 49.6 Å². The van der Waals surface area contributed by atoms with Crippen molar-refractivity contribution in [2.75, 3.05) is 38.2 Å². The average Bonchev–Trinajstić information content (AvgIpc) is 3.20. The lowest BCUT2D eigenvalue weighted by Gasteiger charge is -2.32. The van der Waals surface area contributed by atoms with Crippen LogP contribution in [-0.2, 0) is 10.0 Å². The largest absolute Gasteiger partial charge is 0.490 e. The predicted octanol–water partition coefficient (Wildman–Crippen LogP) is 2.43. The highest BCUT2D eigenvalue weighted by Crippen LogP contribution is 2.35. The maximum Gasteiger partial charge on any atom is 0.243 e. The van der Waals surface area contributed by atoms with E-state index >= 15 is 0 Å². The third kappa shape index (κ3) is 3.22. The molecule has 0 atom stereocenters. The second-order valence-corrected chi connectivity index (χ2v) is 9.96. The summed E-state index contributed by atoms with van der Waals surface area (Å²) in [5.74, 6) is 0.976. The van der Waals surface area contributed by atoms with E-state index in [0.29, 0.717) is 24.6 Å². The van der Waals surface area contributed by atoms with E-state index in [2.05, 4.69) is 4.98 Å². The quantitative estimate of drug-likeness (QED) is 0.639. The van der Waals surface area contributed by atoms with Gasteiger partial charge in [-0.1, -0.05) is 0 Å². The summed E-state index contributed by atoms with van der Waals surface area (Å²) in [4.78, 5) is 6.64. The van der Waals surface area contributed by atoms with E-state index in [1.807, 2.05) is 31.1 Å². The fourth-order valence-electron chi connectivity index (χ4n) is 4.37. The van der Waals surface area contributed by atoms with E-state index < -0.39 is 10.0 Å². The van der Waals surface area contributed by atoms with E-state index in [4.69, 9.17) is 9.84 Å². The molecule has 8 nitrogen and oxygen atoms in total. The zero-order valence-electron chi connectivity index (χ0n) is 17.2. The molecule has 158 valence electrons. The second-order valence-electron chi connectivity index (χ2n) is 8.02. The lowest BCUT2D eigenvalue weighted by Crippen LogP contribution is -2.38. The minimum absolute atomic E-state index is 0.242. The molecule has 2 aliphatic rings. The van der Waals surface area contributed by atoms with Gasteiger partial charge < -0.3 is 9.64 Å². The Hall–Kier alpha value is -2.65. The third-order valence-electron chi connectivity index (χ3n) is 6.12. The van der Waals surface area contributed by atoms with Crippen LogP contribution in [0.25, 0.3) is 5.65 Å². The summed E-state index contributed by atoms with van der Waals surface area (Å²) in [7, 11) is -1.59. The van der Waals surface area contributed by atoms with Crippen molar-refractivity contribution in [3.05, 3.63) is 47.9 Å². The Bertz CT molecular complexity index is 1200. The third-order valence-corrected chi connectivity index (χ3v) is 8.01. The Labute approximate surface area is 176 Å². The van der Waals surface area contributed by atoms with Crippen molar-refractivity contribution >= 4 is 21.4 Å². The summed E-state index contributed by atoms with van der Waals surface area (Å²) in [6.07, 6.45) is 5.08. The van der Waals surface area contributed by atoms with E-state index in [-0.39, 0.29) is 5.92 Å². The van der Waals surface area contributed by atoms with Crippen LogP contribution in [0.3, 0.4) is 0 Å². The van der Waals surface area contributed by atoms with Crippen LogP contribution >= 0.6 is 0 Å². The summed E-state index contributed by atoms with van der Waals surface area (Å²) in [6.45, 7) is 4.38. The normalized spacial score (nSPS) is 18.4. The van der Waals surface area contributed by atoms with Gasteiger partial charge in [0.1, 0.15) is 12.4 Å². The number of anilines is 1. The standard InChI is InChI=1S/C21H25N5O3S/c1-15-13-20-22-7-10-26(20)23-21(15)16-5-8-25(9-6-16)30(27,28)17-3-4-19-18(14-17)24(2)11-12-29-19/h3-4,7,10,13-14,16H,5-6,8-9,11-12H2,1-2H3. The monoisotopic (exact) mass is 427 g/mol. The van der Waals surface area contributed by atoms with Crippen LogP contribution in [-0.4, -0.2) is 60.6 Å². The Morgan fingerprint density at radius 2 is 1.93 bits per heavy atom. The SMILES string of the molecule is Cc1cc2nccn2nc1C1CCN(S(=O)(=O)c2ccc3c(c2)N(C)CCO3)CC1. The number of aromatic nitrogens is 3. The molecule has 2 aliphatic heterocycles. The first-order valence-electron chi connectivity index (χ1n) is 10.2. The number of benzene rings is 1. The molecule has 0 amide bonds. The molecule has 4 heterocycles. The second kappa shape index (κ2) is 7.24. The first-order chi connectivity index (χ1) is 14.4. The molecule has 1 fully saturated rings. The van der Waals surface area contributed by atoms with E-state index in [1.165, 1.54) is 0 Å². The van der Waals surface area contributed by atoms with Crippen LogP contribution < -0.4 is 9.64 Å². The Morgan fingerprint density at radius 3 is 2.73 bits per heavy atom. The molecule has 0 spiro atoms. The maximum absolute atomic E-state index is 13.3. The average molecular weight is 428 g/mol. The molecule has 30 heavy (non-hydrogen) atoms. The highest BCUT2D eigenvalue weighted by atomic mass is 32.2. The van der Waals surface area contributed by atoms with Gasteiger partial charge in [-0.3, -0.25) is 0 Å². The van der Waals surface area contributed by atoms with Crippen molar-refractivity contribution in [1.82, 2.24) is 18.9 Å². The van der Waals surface area contributed by atoms with Gasteiger partial charge in [0.05, 0.1) is 22.8 Å². The van der Waals surface area contributed by atoms with Gasteiger partial charge in [0.15, 0.2) is 5.65 Å². The first-order valence-corrected chi connectivity index (χ1v) is 11.7. The summed E-state index contributed by atoms with van der Waals surface area (Å²) in [5.41, 5.74) is 3.79. The van der Waals surface area contributed by atoms with Crippen molar-refractivity contribution in [3.63, 3.8) is 0 Å². The number of piperidine rings is 1. The van der Waals surface area contributed by atoms with Crippen LogP contribution in [0.2, 0.25) is 0 Å². The molecular formula is C21H25N5O3S. The van der Waals surface area contributed by atoms with Crippen LogP contribution in [0.15, 0.2) is 41.6 Å². The van der Waals surface area contributed by atoms with E-state index in [1.54, 1.807) is 33.2 Å². The lowest BCUT2D eigenvalue weighted by atomic mass is 9.92. The Kier molecular flexibility index (Phi) is 4.67. The van der Waals surface area contributed by atoms with Gasteiger partial charge in [-0.25, -0.2) is 17.9 Å². The highest BCUT2D eigenvalue weighted by Gasteiger charge is 2.32. The van der Waals surface area contributed by atoms with Crippen molar-refractivity contribution < 1.29 is 13.2 Å². The molecule has 0 radical (unpaired) electrons. The molecule has 0 unspecified atom stereocenters. The Morgan fingerprint density at radius 1 is 1.13 bits per heavy atom. The van der Waals surface area contributed by atoms with Crippen LogP contribution in [0.4, 0.5) is 5.69 Å². The lowest BCUT2D eigenvalue weighted by molar-refractivity contribution is 0.310. The zero-order valence-corrected chi connectivity index (χ0v) is 18.0. The fourth-order valence-corrected chi connectivity index (χ4v) is 5.86. The van der Waals surface area contributed by atoms with E-state index in [9.17, 15) is 8.42 Å². The topological polar surface area (TPSA) is 80.0 Å². The first kappa shape index (κ1) is 19.3. The zero-order chi connectivity index (χ0) is 20.9. The number of ether oxygens (including phenoxy) is 1. The molecule has 0 bridgehead atoms. The molecule has 1 aromatic carbocycles. The number of rotatable bonds is 3. The van der Waals surface area contributed by atoms with Crippen molar-refractivity contribution in [2.24, 2.45) is 0 Å². The van der Waals surface area contributed by atoms with Crippen molar-refractivity contribution in [3.8, 4) is 5.75 Å². The number of fused-ring (bicyclic) bond motifs is 2. The van der Waals surface area contributed by atoms with Gasteiger partial charge in [-0.15, -0.1) is 0 Å². The molecule has 2 aromatic heterocycles. The van der Waals surface area contributed by atoms with Crippen LogP contribution in [0, 0.1) is 6.92 Å².